The molecule has 0 saturated heterocycles. The van der Waals surface area contributed by atoms with Crippen molar-refractivity contribution in [1.82, 2.24) is 9.88 Å². The highest BCUT2D eigenvalue weighted by Gasteiger charge is 2.25. The Morgan fingerprint density at radius 3 is 2.65 bits per heavy atom. The Hall–Kier alpha value is -2.67. The first-order chi connectivity index (χ1) is 12.4. The normalized spacial score (nSPS) is 10.4. The van der Waals surface area contributed by atoms with Crippen molar-refractivity contribution in [3.63, 3.8) is 0 Å². The number of nitrogens with one attached hydrogen (secondary N) is 1. The average molecular weight is 374 g/mol. The van der Waals surface area contributed by atoms with Crippen LogP contribution in [0.3, 0.4) is 0 Å². The van der Waals surface area contributed by atoms with Crippen LogP contribution >= 0.6 is 11.3 Å². The molecule has 0 atom stereocenters. The Morgan fingerprint density at radius 1 is 1.38 bits per heavy atom. The lowest BCUT2D eigenvalue weighted by Crippen LogP contribution is -2.32. The Morgan fingerprint density at radius 2 is 2.12 bits per heavy atom. The van der Waals surface area contributed by atoms with Gasteiger partial charge >= 0.3 is 5.97 Å². The van der Waals surface area contributed by atoms with Gasteiger partial charge in [-0.15, -0.1) is 17.9 Å². The molecule has 6 nitrogen and oxygen atoms in total. The summed E-state index contributed by atoms with van der Waals surface area (Å²) >= 11 is 1.57. The number of amides is 1. The number of rotatable bonds is 8. The zero-order chi connectivity index (χ0) is 19.3. The van der Waals surface area contributed by atoms with Gasteiger partial charge in [0.15, 0.2) is 5.78 Å². The molecule has 0 fully saturated rings. The molecule has 0 aliphatic rings. The van der Waals surface area contributed by atoms with Gasteiger partial charge in [0.1, 0.15) is 0 Å². The monoisotopic (exact) mass is 374 g/mol. The van der Waals surface area contributed by atoms with E-state index in [-0.39, 0.29) is 23.7 Å². The van der Waals surface area contributed by atoms with Crippen LogP contribution in [0.2, 0.25) is 0 Å². The van der Waals surface area contributed by atoms with E-state index in [0.717, 1.165) is 4.88 Å². The summed E-state index contributed by atoms with van der Waals surface area (Å²) in [5, 5.41) is 1.95. The smallest absolute Gasteiger partial charge is 0.339 e. The van der Waals surface area contributed by atoms with Gasteiger partial charge in [-0.1, -0.05) is 12.1 Å². The average Bonchev–Trinajstić information content (AvgIpc) is 3.21. The van der Waals surface area contributed by atoms with Gasteiger partial charge < -0.3 is 14.6 Å². The third kappa shape index (κ3) is 4.29. The van der Waals surface area contributed by atoms with E-state index in [4.69, 9.17) is 4.74 Å². The summed E-state index contributed by atoms with van der Waals surface area (Å²) in [4.78, 5) is 42.4. The summed E-state index contributed by atoms with van der Waals surface area (Å²) in [5.74, 6) is -0.935. The van der Waals surface area contributed by atoms with Crippen molar-refractivity contribution in [1.29, 1.82) is 0 Å². The number of H-pyrrole nitrogens is 1. The van der Waals surface area contributed by atoms with Gasteiger partial charge in [0.25, 0.3) is 0 Å². The number of thiophene rings is 1. The van der Waals surface area contributed by atoms with Crippen molar-refractivity contribution in [2.45, 2.75) is 26.8 Å². The van der Waals surface area contributed by atoms with Gasteiger partial charge in [0.05, 0.1) is 31.3 Å². The molecular formula is C19H22N2O4S. The molecule has 0 unspecified atom stereocenters. The fraction of sp³-hybridized carbons (Fsp3) is 0.316. The number of carbonyl (C=O) groups is 3. The zero-order valence-electron chi connectivity index (χ0n) is 15.1. The number of aromatic nitrogens is 1. The van der Waals surface area contributed by atoms with E-state index < -0.39 is 5.97 Å². The molecule has 1 amide bonds. The SMILES string of the molecule is C=CCN(Cc1cccs1)C(=O)Cc1[nH]c(C(C)=O)c(C)c1C(=O)OC. The van der Waals surface area contributed by atoms with E-state index in [9.17, 15) is 14.4 Å². The second kappa shape index (κ2) is 8.62. The predicted molar refractivity (Wildman–Crippen MR) is 101 cm³/mol. The summed E-state index contributed by atoms with van der Waals surface area (Å²) in [6.45, 7) is 7.64. The molecule has 0 aliphatic heterocycles. The van der Waals surface area contributed by atoms with Crippen molar-refractivity contribution in [3.8, 4) is 0 Å². The number of Topliss-reactive ketones (excluding diaryl/α,β-unsaturated/α-hetero) is 1. The topological polar surface area (TPSA) is 79.5 Å². The number of ether oxygens (including phenoxy) is 1. The van der Waals surface area contributed by atoms with E-state index in [0.29, 0.717) is 30.0 Å². The first-order valence-electron chi connectivity index (χ1n) is 8.10. The van der Waals surface area contributed by atoms with Crippen molar-refractivity contribution in [3.05, 3.63) is 57.6 Å². The van der Waals surface area contributed by atoms with Crippen molar-refractivity contribution < 1.29 is 19.1 Å². The maximum Gasteiger partial charge on any atom is 0.339 e. The van der Waals surface area contributed by atoms with Gasteiger partial charge in [-0.3, -0.25) is 9.59 Å². The predicted octanol–water partition coefficient (Wildman–Crippen LogP) is 3.13. The molecule has 2 aromatic rings. The quantitative estimate of drug-likeness (QED) is 0.437. The molecule has 0 bridgehead atoms. The molecule has 0 saturated carbocycles. The van der Waals surface area contributed by atoms with Crippen molar-refractivity contribution in [2.24, 2.45) is 0 Å². The van der Waals surface area contributed by atoms with Crippen LogP contribution < -0.4 is 0 Å². The van der Waals surface area contributed by atoms with Gasteiger partial charge in [-0.05, 0) is 23.9 Å². The number of aromatic amines is 1. The van der Waals surface area contributed by atoms with Crippen molar-refractivity contribution in [2.75, 3.05) is 13.7 Å². The molecular weight excluding hydrogens is 352 g/mol. The maximum atomic E-state index is 12.8. The van der Waals surface area contributed by atoms with E-state index in [2.05, 4.69) is 11.6 Å². The fourth-order valence-electron chi connectivity index (χ4n) is 2.79. The summed E-state index contributed by atoms with van der Waals surface area (Å²) in [6.07, 6.45) is 1.63. The van der Waals surface area contributed by atoms with Crippen LogP contribution in [-0.2, 0) is 22.5 Å². The van der Waals surface area contributed by atoms with Gasteiger partial charge in [-0.2, -0.15) is 0 Å². The van der Waals surface area contributed by atoms with Crippen LogP contribution in [-0.4, -0.2) is 41.2 Å². The van der Waals surface area contributed by atoms with Crippen LogP contribution in [0.25, 0.3) is 0 Å². The van der Waals surface area contributed by atoms with E-state index >= 15 is 0 Å². The minimum atomic E-state index is -0.567. The standard InChI is InChI=1S/C19H22N2O4S/c1-5-8-21(11-14-7-6-9-26-14)16(23)10-15-17(19(24)25-4)12(2)18(20-15)13(3)22/h5-7,9,20H,1,8,10-11H2,2-4H3. The van der Waals surface area contributed by atoms with E-state index in [1.54, 1.807) is 29.2 Å². The molecule has 0 radical (unpaired) electrons. The number of nitrogens with zero attached hydrogens (tertiary/aromatic N) is 1. The van der Waals surface area contributed by atoms with Gasteiger partial charge in [0.2, 0.25) is 5.91 Å². The number of ketones is 1. The van der Waals surface area contributed by atoms with Crippen LogP contribution in [0, 0.1) is 6.92 Å². The minimum absolute atomic E-state index is 0.0300. The fourth-order valence-corrected chi connectivity index (χ4v) is 3.50. The first-order valence-corrected chi connectivity index (χ1v) is 8.98. The number of esters is 1. The number of hydrogen-bond donors (Lipinski definition) is 1. The molecule has 26 heavy (non-hydrogen) atoms. The lowest BCUT2D eigenvalue weighted by atomic mass is 10.1. The molecule has 138 valence electrons. The van der Waals surface area contributed by atoms with Crippen molar-refractivity contribution >= 4 is 29.0 Å². The second-order valence-corrected chi connectivity index (χ2v) is 6.88. The summed E-state index contributed by atoms with van der Waals surface area (Å²) in [7, 11) is 1.27. The zero-order valence-corrected chi connectivity index (χ0v) is 15.9. The lowest BCUT2D eigenvalue weighted by molar-refractivity contribution is -0.130. The van der Waals surface area contributed by atoms with E-state index in [1.165, 1.54) is 14.0 Å². The number of carbonyl (C=O) groups excluding carboxylic acids is 3. The third-order valence-electron chi connectivity index (χ3n) is 4.03. The van der Waals surface area contributed by atoms with Gasteiger partial charge in [0, 0.05) is 24.0 Å². The maximum absolute atomic E-state index is 12.8. The van der Waals surface area contributed by atoms with E-state index in [1.807, 2.05) is 17.5 Å². The highest BCUT2D eigenvalue weighted by molar-refractivity contribution is 7.09. The largest absolute Gasteiger partial charge is 0.465 e. The summed E-state index contributed by atoms with van der Waals surface area (Å²) in [6, 6.07) is 3.89. The number of methoxy groups -OCH3 is 1. The van der Waals surface area contributed by atoms with Gasteiger partial charge in [-0.25, -0.2) is 4.79 Å². The van der Waals surface area contributed by atoms with Crippen LogP contribution in [0.5, 0.6) is 0 Å². The lowest BCUT2D eigenvalue weighted by Gasteiger charge is -2.20. The highest BCUT2D eigenvalue weighted by Crippen LogP contribution is 2.22. The Labute approximate surface area is 156 Å². The molecule has 2 rings (SSSR count). The molecule has 2 heterocycles. The molecule has 2 aromatic heterocycles. The Balaban J connectivity index is 2.30. The summed E-state index contributed by atoms with van der Waals surface area (Å²) < 4.78 is 4.82. The van der Waals surface area contributed by atoms with Crippen LogP contribution in [0.4, 0.5) is 0 Å². The summed E-state index contributed by atoms with van der Waals surface area (Å²) in [5.41, 5.74) is 1.47. The third-order valence-corrected chi connectivity index (χ3v) is 4.89. The molecule has 0 spiro atoms. The first kappa shape index (κ1) is 19.7. The second-order valence-electron chi connectivity index (χ2n) is 5.85. The molecule has 7 heteroatoms. The highest BCUT2D eigenvalue weighted by atomic mass is 32.1. The number of hydrogen-bond acceptors (Lipinski definition) is 5. The molecule has 0 aromatic carbocycles. The molecule has 0 aliphatic carbocycles. The minimum Gasteiger partial charge on any atom is -0.465 e. The van der Waals surface area contributed by atoms with Crippen LogP contribution in [0.15, 0.2) is 30.2 Å². The molecule has 1 N–H and O–H groups in total. The Kier molecular flexibility index (Phi) is 6.52. The van der Waals surface area contributed by atoms with Crippen LogP contribution in [0.1, 0.15) is 43.9 Å². The Bertz CT molecular complexity index is 821.